The molecule has 3 aromatic carbocycles. The van der Waals surface area contributed by atoms with Crippen LogP contribution in [-0.4, -0.2) is 10.9 Å². The zero-order valence-electron chi connectivity index (χ0n) is 16.9. The third kappa shape index (κ3) is 4.18. The van der Waals surface area contributed by atoms with Crippen LogP contribution in [0.3, 0.4) is 0 Å². The average Bonchev–Trinajstić information content (AvgIpc) is 2.70. The van der Waals surface area contributed by atoms with E-state index in [0.717, 1.165) is 53.5 Å². The minimum absolute atomic E-state index is 0.148. The van der Waals surface area contributed by atoms with E-state index in [2.05, 4.69) is 43.2 Å². The molecule has 0 aliphatic rings. The molecule has 0 saturated heterocycles. The van der Waals surface area contributed by atoms with Crippen molar-refractivity contribution in [2.45, 2.75) is 20.8 Å². The van der Waals surface area contributed by atoms with E-state index in [-0.39, 0.29) is 5.91 Å². The highest BCUT2D eigenvalue weighted by molar-refractivity contribution is 9.10. The molecule has 0 atom stereocenters. The van der Waals surface area contributed by atoms with Gasteiger partial charge < -0.3 is 5.32 Å². The summed E-state index contributed by atoms with van der Waals surface area (Å²) in [7, 11) is 0. The van der Waals surface area contributed by atoms with Gasteiger partial charge in [-0.15, -0.1) is 0 Å². The number of carbonyl (C=O) groups is 1. The van der Waals surface area contributed by atoms with Gasteiger partial charge in [-0.1, -0.05) is 61.7 Å². The van der Waals surface area contributed by atoms with Gasteiger partial charge in [-0.25, -0.2) is 4.98 Å². The van der Waals surface area contributed by atoms with Crippen LogP contribution in [0.25, 0.3) is 22.2 Å². The maximum absolute atomic E-state index is 13.4. The molecule has 0 spiro atoms. The number of hydrogen-bond donors (Lipinski definition) is 1. The Labute approximate surface area is 192 Å². The lowest BCUT2D eigenvalue weighted by atomic mass is 10.0. The van der Waals surface area contributed by atoms with Crippen molar-refractivity contribution in [3.05, 3.63) is 91.9 Å². The molecular formula is C25H20Br2N2O. The van der Waals surface area contributed by atoms with Gasteiger partial charge in [-0.3, -0.25) is 4.79 Å². The van der Waals surface area contributed by atoms with E-state index < -0.39 is 0 Å². The van der Waals surface area contributed by atoms with Gasteiger partial charge in [0.15, 0.2) is 0 Å². The standard InChI is InChI=1S/C25H20Br2N2O/c1-14-4-9-22(15(2)10-14)29-25(30)21-13-23(17-5-7-18(26)8-6-17)28-24-16(3)11-19(27)12-20(21)24/h4-13H,1-3H3,(H,29,30). The highest BCUT2D eigenvalue weighted by atomic mass is 79.9. The van der Waals surface area contributed by atoms with Gasteiger partial charge in [-0.05, 0) is 68.3 Å². The van der Waals surface area contributed by atoms with Crippen LogP contribution in [0.15, 0.2) is 69.6 Å². The van der Waals surface area contributed by atoms with Crippen LogP contribution in [0.1, 0.15) is 27.0 Å². The Bertz CT molecular complexity index is 1280. The van der Waals surface area contributed by atoms with Crippen molar-refractivity contribution in [3.8, 4) is 11.3 Å². The zero-order valence-corrected chi connectivity index (χ0v) is 20.1. The van der Waals surface area contributed by atoms with E-state index in [1.54, 1.807) is 0 Å². The number of fused-ring (bicyclic) bond motifs is 1. The fraction of sp³-hybridized carbons (Fsp3) is 0.120. The predicted octanol–water partition coefficient (Wildman–Crippen LogP) is 7.60. The molecule has 4 aromatic rings. The summed E-state index contributed by atoms with van der Waals surface area (Å²) in [5.41, 5.74) is 7.18. The third-order valence-electron chi connectivity index (χ3n) is 5.08. The summed E-state index contributed by atoms with van der Waals surface area (Å²) < 4.78 is 1.92. The second-order valence-corrected chi connectivity index (χ2v) is 9.28. The summed E-state index contributed by atoms with van der Waals surface area (Å²) in [6.45, 7) is 6.05. The highest BCUT2D eigenvalue weighted by Crippen LogP contribution is 2.31. The summed E-state index contributed by atoms with van der Waals surface area (Å²) in [4.78, 5) is 18.2. The molecule has 0 bridgehead atoms. The lowest BCUT2D eigenvalue weighted by Gasteiger charge is -2.14. The van der Waals surface area contributed by atoms with Crippen molar-refractivity contribution in [2.75, 3.05) is 5.32 Å². The van der Waals surface area contributed by atoms with E-state index >= 15 is 0 Å². The largest absolute Gasteiger partial charge is 0.322 e. The van der Waals surface area contributed by atoms with Gasteiger partial charge in [0.25, 0.3) is 5.91 Å². The number of halogens is 2. The molecule has 5 heteroatoms. The lowest BCUT2D eigenvalue weighted by Crippen LogP contribution is -2.14. The maximum atomic E-state index is 13.4. The molecule has 0 radical (unpaired) electrons. The predicted molar refractivity (Wildman–Crippen MR) is 131 cm³/mol. The highest BCUT2D eigenvalue weighted by Gasteiger charge is 2.17. The average molecular weight is 524 g/mol. The number of pyridine rings is 1. The van der Waals surface area contributed by atoms with Crippen LogP contribution in [-0.2, 0) is 0 Å². The maximum Gasteiger partial charge on any atom is 0.256 e. The van der Waals surface area contributed by atoms with Gasteiger partial charge in [-0.2, -0.15) is 0 Å². The van der Waals surface area contributed by atoms with Crippen LogP contribution < -0.4 is 5.32 Å². The second kappa shape index (κ2) is 8.32. The molecule has 30 heavy (non-hydrogen) atoms. The summed E-state index contributed by atoms with van der Waals surface area (Å²) >= 11 is 7.03. The van der Waals surface area contributed by atoms with E-state index in [0.29, 0.717) is 5.56 Å². The van der Waals surface area contributed by atoms with Crippen molar-refractivity contribution in [2.24, 2.45) is 0 Å². The number of amides is 1. The Balaban J connectivity index is 1.87. The van der Waals surface area contributed by atoms with Crippen molar-refractivity contribution in [1.29, 1.82) is 0 Å². The molecule has 0 fully saturated rings. The summed E-state index contributed by atoms with van der Waals surface area (Å²) in [5, 5.41) is 3.91. The molecule has 0 unspecified atom stereocenters. The molecule has 4 rings (SSSR count). The Hall–Kier alpha value is -2.50. The lowest BCUT2D eigenvalue weighted by molar-refractivity contribution is 0.102. The van der Waals surface area contributed by atoms with Crippen LogP contribution in [0.5, 0.6) is 0 Å². The fourth-order valence-electron chi connectivity index (χ4n) is 3.56. The number of benzene rings is 3. The number of nitrogens with one attached hydrogen (secondary N) is 1. The summed E-state index contributed by atoms with van der Waals surface area (Å²) in [6.07, 6.45) is 0. The molecule has 3 nitrogen and oxygen atoms in total. The number of carbonyl (C=O) groups excluding carboxylic acids is 1. The van der Waals surface area contributed by atoms with E-state index in [9.17, 15) is 4.79 Å². The minimum atomic E-state index is -0.148. The van der Waals surface area contributed by atoms with Crippen LogP contribution in [0.2, 0.25) is 0 Å². The number of hydrogen-bond acceptors (Lipinski definition) is 2. The summed E-state index contributed by atoms with van der Waals surface area (Å²) in [6, 6.07) is 19.8. The first-order valence-electron chi connectivity index (χ1n) is 9.57. The number of rotatable bonds is 3. The third-order valence-corrected chi connectivity index (χ3v) is 6.07. The molecule has 0 aliphatic heterocycles. The monoisotopic (exact) mass is 522 g/mol. The first kappa shape index (κ1) is 20.8. The van der Waals surface area contributed by atoms with Crippen molar-refractivity contribution in [3.63, 3.8) is 0 Å². The van der Waals surface area contributed by atoms with Gasteiger partial charge in [0.1, 0.15) is 0 Å². The molecule has 1 aromatic heterocycles. The smallest absolute Gasteiger partial charge is 0.256 e. The van der Waals surface area contributed by atoms with E-state index in [1.807, 2.05) is 75.4 Å². The first-order valence-corrected chi connectivity index (χ1v) is 11.2. The minimum Gasteiger partial charge on any atom is -0.322 e. The van der Waals surface area contributed by atoms with E-state index in [1.165, 1.54) is 0 Å². The molecule has 1 heterocycles. The van der Waals surface area contributed by atoms with Gasteiger partial charge in [0, 0.05) is 25.6 Å². The normalized spacial score (nSPS) is 11.0. The van der Waals surface area contributed by atoms with Crippen LogP contribution >= 0.6 is 31.9 Å². The van der Waals surface area contributed by atoms with Crippen molar-refractivity contribution < 1.29 is 4.79 Å². The zero-order chi connectivity index (χ0) is 21.4. The number of aromatic nitrogens is 1. The van der Waals surface area contributed by atoms with Crippen molar-refractivity contribution >= 4 is 54.4 Å². The number of anilines is 1. The van der Waals surface area contributed by atoms with Crippen molar-refractivity contribution in [1.82, 2.24) is 4.98 Å². The number of aryl methyl sites for hydroxylation is 3. The van der Waals surface area contributed by atoms with Crippen LogP contribution in [0.4, 0.5) is 5.69 Å². The van der Waals surface area contributed by atoms with Crippen LogP contribution in [0, 0.1) is 20.8 Å². The molecule has 1 N–H and O–H groups in total. The molecule has 150 valence electrons. The molecule has 0 aliphatic carbocycles. The molecule has 0 saturated carbocycles. The first-order chi connectivity index (χ1) is 14.3. The SMILES string of the molecule is Cc1ccc(NC(=O)c2cc(-c3ccc(Br)cc3)nc3c(C)cc(Br)cc23)c(C)c1. The Morgan fingerprint density at radius 2 is 1.57 bits per heavy atom. The molecule has 1 amide bonds. The Kier molecular flexibility index (Phi) is 5.76. The van der Waals surface area contributed by atoms with E-state index in [4.69, 9.17) is 4.98 Å². The quantitative estimate of drug-likeness (QED) is 0.300. The fourth-order valence-corrected chi connectivity index (χ4v) is 4.39. The van der Waals surface area contributed by atoms with Gasteiger partial charge in [0.05, 0.1) is 16.8 Å². The van der Waals surface area contributed by atoms with Gasteiger partial charge >= 0.3 is 0 Å². The Morgan fingerprint density at radius 1 is 0.833 bits per heavy atom. The Morgan fingerprint density at radius 3 is 2.27 bits per heavy atom. The topological polar surface area (TPSA) is 42.0 Å². The van der Waals surface area contributed by atoms with Gasteiger partial charge in [0.2, 0.25) is 0 Å². The molecular weight excluding hydrogens is 504 g/mol. The number of nitrogens with zero attached hydrogens (tertiary/aromatic N) is 1. The summed E-state index contributed by atoms with van der Waals surface area (Å²) in [5.74, 6) is -0.148. The second-order valence-electron chi connectivity index (χ2n) is 7.45.